The lowest BCUT2D eigenvalue weighted by molar-refractivity contribution is -0.139. The highest BCUT2D eigenvalue weighted by Gasteiger charge is 2.29. The second-order valence-corrected chi connectivity index (χ2v) is 8.90. The van der Waals surface area contributed by atoms with Crippen LogP contribution in [0.5, 0.6) is 0 Å². The molecule has 0 aliphatic carbocycles. The molecule has 2 aromatic carbocycles. The van der Waals surface area contributed by atoms with E-state index in [9.17, 15) is 9.59 Å². The number of benzene rings is 2. The van der Waals surface area contributed by atoms with Gasteiger partial charge in [-0.05, 0) is 43.2 Å². The number of hydrogen-bond acceptors (Lipinski definition) is 3. The normalized spacial score (nSPS) is 11.8. The Morgan fingerprint density at radius 2 is 1.67 bits per heavy atom. The van der Waals surface area contributed by atoms with Crippen LogP contribution in [0, 0.1) is 0 Å². The summed E-state index contributed by atoms with van der Waals surface area (Å²) in [5, 5.41) is 4.44. The third-order valence-corrected chi connectivity index (χ3v) is 6.48. The van der Waals surface area contributed by atoms with Gasteiger partial charge in [0.15, 0.2) is 0 Å². The van der Waals surface area contributed by atoms with Gasteiger partial charge in [-0.1, -0.05) is 59.9 Å². The van der Waals surface area contributed by atoms with Gasteiger partial charge in [0.2, 0.25) is 11.8 Å². The molecule has 1 atom stereocenters. The standard InChI is InChI=1S/C22H25Cl3N2O2S/c1-3-20(22(29)26-4-2)27(12-17-18(24)6-5-7-19(17)25)21(28)14-30-13-15-8-10-16(23)11-9-15/h5-11,20H,3-4,12-14H2,1-2H3,(H,26,29)/t20-/m1/s1. The monoisotopic (exact) mass is 486 g/mol. The maximum Gasteiger partial charge on any atom is 0.242 e. The molecule has 2 amide bonds. The van der Waals surface area contributed by atoms with Crippen molar-refractivity contribution in [3.05, 3.63) is 68.7 Å². The van der Waals surface area contributed by atoms with Gasteiger partial charge in [0.05, 0.1) is 5.75 Å². The van der Waals surface area contributed by atoms with Crippen LogP contribution < -0.4 is 5.32 Å². The first-order chi connectivity index (χ1) is 14.4. The average molecular weight is 488 g/mol. The Hall–Kier alpha value is -1.40. The van der Waals surface area contributed by atoms with Crippen LogP contribution in [0.4, 0.5) is 0 Å². The van der Waals surface area contributed by atoms with Gasteiger partial charge in [-0.25, -0.2) is 0 Å². The molecule has 2 aromatic rings. The van der Waals surface area contributed by atoms with Gasteiger partial charge in [-0.15, -0.1) is 11.8 Å². The van der Waals surface area contributed by atoms with Crippen LogP contribution in [0.25, 0.3) is 0 Å². The minimum Gasteiger partial charge on any atom is -0.355 e. The Morgan fingerprint density at radius 3 is 2.23 bits per heavy atom. The largest absolute Gasteiger partial charge is 0.355 e. The summed E-state index contributed by atoms with van der Waals surface area (Å²) < 4.78 is 0. The van der Waals surface area contributed by atoms with Crippen LogP contribution in [0.2, 0.25) is 15.1 Å². The summed E-state index contributed by atoms with van der Waals surface area (Å²) in [5.74, 6) is 0.588. The zero-order chi connectivity index (χ0) is 22.1. The second-order valence-electron chi connectivity index (χ2n) is 6.66. The number of carbonyl (C=O) groups is 2. The fraction of sp³-hybridized carbons (Fsp3) is 0.364. The molecule has 4 nitrogen and oxygen atoms in total. The van der Waals surface area contributed by atoms with E-state index >= 15 is 0 Å². The van der Waals surface area contributed by atoms with Crippen molar-refractivity contribution in [2.24, 2.45) is 0 Å². The van der Waals surface area contributed by atoms with E-state index in [0.29, 0.717) is 39.3 Å². The lowest BCUT2D eigenvalue weighted by Crippen LogP contribution is -2.49. The number of likely N-dealkylation sites (N-methyl/N-ethyl adjacent to an activating group) is 1. The highest BCUT2D eigenvalue weighted by molar-refractivity contribution is 7.99. The first-order valence-corrected chi connectivity index (χ1v) is 12.0. The fourth-order valence-electron chi connectivity index (χ4n) is 2.99. The molecule has 0 unspecified atom stereocenters. The number of rotatable bonds is 10. The molecule has 0 heterocycles. The number of halogens is 3. The first kappa shape index (κ1) is 24.9. The summed E-state index contributed by atoms with van der Waals surface area (Å²) in [5.41, 5.74) is 1.72. The van der Waals surface area contributed by atoms with Gasteiger partial charge in [-0.3, -0.25) is 9.59 Å². The van der Waals surface area contributed by atoms with Crippen molar-refractivity contribution in [1.29, 1.82) is 0 Å². The molecule has 2 rings (SSSR count). The van der Waals surface area contributed by atoms with Crippen LogP contribution in [0.3, 0.4) is 0 Å². The van der Waals surface area contributed by atoms with Gasteiger partial charge < -0.3 is 10.2 Å². The van der Waals surface area contributed by atoms with Crippen molar-refractivity contribution in [2.45, 2.75) is 38.6 Å². The van der Waals surface area contributed by atoms with Gasteiger partial charge in [0, 0.05) is 39.5 Å². The predicted octanol–water partition coefficient (Wildman–Crippen LogP) is 5.82. The summed E-state index contributed by atoms with van der Waals surface area (Å²) in [7, 11) is 0. The highest BCUT2D eigenvalue weighted by atomic mass is 35.5. The third kappa shape index (κ3) is 7.09. The number of amides is 2. The van der Waals surface area contributed by atoms with E-state index in [1.54, 1.807) is 23.1 Å². The third-order valence-electron chi connectivity index (χ3n) is 4.53. The Labute approximate surface area is 197 Å². The minimum absolute atomic E-state index is 0.136. The smallest absolute Gasteiger partial charge is 0.242 e. The predicted molar refractivity (Wildman–Crippen MR) is 127 cm³/mol. The maximum absolute atomic E-state index is 13.1. The molecule has 0 aromatic heterocycles. The highest BCUT2D eigenvalue weighted by Crippen LogP contribution is 2.27. The van der Waals surface area contributed by atoms with E-state index in [0.717, 1.165) is 5.56 Å². The molecule has 0 aliphatic rings. The number of thioether (sulfide) groups is 1. The molecular weight excluding hydrogens is 463 g/mol. The quantitative estimate of drug-likeness (QED) is 0.459. The van der Waals surface area contributed by atoms with Crippen LogP contribution in [0.1, 0.15) is 31.4 Å². The molecule has 30 heavy (non-hydrogen) atoms. The molecule has 0 radical (unpaired) electrons. The van der Waals surface area contributed by atoms with Crippen molar-refractivity contribution in [2.75, 3.05) is 12.3 Å². The van der Waals surface area contributed by atoms with Gasteiger partial charge in [-0.2, -0.15) is 0 Å². The van der Waals surface area contributed by atoms with Crippen molar-refractivity contribution >= 4 is 58.4 Å². The minimum atomic E-state index is -0.596. The van der Waals surface area contributed by atoms with Crippen LogP contribution in [-0.4, -0.2) is 35.1 Å². The Morgan fingerprint density at radius 1 is 1.03 bits per heavy atom. The molecule has 1 N–H and O–H groups in total. The lowest BCUT2D eigenvalue weighted by atomic mass is 10.1. The molecular formula is C22H25Cl3N2O2S. The van der Waals surface area contributed by atoms with Crippen LogP contribution >= 0.6 is 46.6 Å². The molecule has 162 valence electrons. The molecule has 0 bridgehead atoms. The average Bonchev–Trinajstić information content (AvgIpc) is 2.71. The molecule has 0 aliphatic heterocycles. The van der Waals surface area contributed by atoms with Gasteiger partial charge in [0.1, 0.15) is 6.04 Å². The Balaban J connectivity index is 2.17. The molecule has 0 spiro atoms. The molecule has 0 saturated heterocycles. The summed E-state index contributed by atoms with van der Waals surface area (Å²) in [4.78, 5) is 27.3. The number of nitrogens with zero attached hydrogens (tertiary/aromatic N) is 1. The van der Waals surface area contributed by atoms with Crippen molar-refractivity contribution < 1.29 is 9.59 Å². The van der Waals surface area contributed by atoms with Crippen molar-refractivity contribution in [1.82, 2.24) is 10.2 Å². The van der Waals surface area contributed by atoms with Crippen LogP contribution in [-0.2, 0) is 21.9 Å². The zero-order valence-corrected chi connectivity index (χ0v) is 20.0. The molecule has 8 heteroatoms. The Kier molecular flexibility index (Phi) is 10.3. The van der Waals surface area contributed by atoms with Crippen LogP contribution in [0.15, 0.2) is 42.5 Å². The zero-order valence-electron chi connectivity index (χ0n) is 17.0. The second kappa shape index (κ2) is 12.5. The van der Waals surface area contributed by atoms with Gasteiger partial charge in [0.25, 0.3) is 0 Å². The number of nitrogens with one attached hydrogen (secondary N) is 1. The molecule has 0 fully saturated rings. The van der Waals surface area contributed by atoms with E-state index in [1.807, 2.05) is 38.1 Å². The van der Waals surface area contributed by atoms with E-state index in [4.69, 9.17) is 34.8 Å². The Bertz CT molecular complexity index is 842. The SMILES string of the molecule is CCNC(=O)[C@@H](CC)N(Cc1c(Cl)cccc1Cl)C(=O)CSCc1ccc(Cl)cc1. The number of carbonyl (C=O) groups excluding carboxylic acids is 2. The first-order valence-electron chi connectivity index (χ1n) is 9.69. The van der Waals surface area contributed by atoms with E-state index in [2.05, 4.69) is 5.32 Å². The fourth-order valence-corrected chi connectivity index (χ4v) is 4.50. The summed E-state index contributed by atoms with van der Waals surface area (Å²) in [6.07, 6.45) is 0.488. The lowest BCUT2D eigenvalue weighted by Gasteiger charge is -2.31. The summed E-state index contributed by atoms with van der Waals surface area (Å²) in [6, 6.07) is 12.1. The molecule has 0 saturated carbocycles. The van der Waals surface area contributed by atoms with E-state index in [1.165, 1.54) is 11.8 Å². The summed E-state index contributed by atoms with van der Waals surface area (Å²) >= 11 is 20.1. The topological polar surface area (TPSA) is 49.4 Å². The summed E-state index contributed by atoms with van der Waals surface area (Å²) in [6.45, 7) is 4.41. The van der Waals surface area contributed by atoms with Crippen molar-refractivity contribution in [3.8, 4) is 0 Å². The van der Waals surface area contributed by atoms with Gasteiger partial charge >= 0.3 is 0 Å². The van der Waals surface area contributed by atoms with E-state index < -0.39 is 6.04 Å². The van der Waals surface area contributed by atoms with Crippen molar-refractivity contribution in [3.63, 3.8) is 0 Å². The number of hydrogen-bond donors (Lipinski definition) is 1. The van der Waals surface area contributed by atoms with E-state index in [-0.39, 0.29) is 24.1 Å². The maximum atomic E-state index is 13.1.